The number of rotatable bonds is 4. The smallest absolute Gasteiger partial charge is 0.244 e. The Morgan fingerprint density at radius 3 is 2.45 bits per heavy atom. The molecule has 2 fully saturated rings. The second-order valence-corrected chi connectivity index (χ2v) is 9.92. The van der Waals surface area contributed by atoms with Gasteiger partial charge < -0.3 is 4.90 Å². The van der Waals surface area contributed by atoms with Crippen molar-refractivity contribution in [3.05, 3.63) is 47.2 Å². The predicted molar refractivity (Wildman–Crippen MR) is 110 cm³/mol. The van der Waals surface area contributed by atoms with Crippen molar-refractivity contribution in [2.75, 3.05) is 31.1 Å². The van der Waals surface area contributed by atoms with Gasteiger partial charge in [0.1, 0.15) is 10.7 Å². The Labute approximate surface area is 174 Å². The minimum atomic E-state index is -3.58. The van der Waals surface area contributed by atoms with E-state index in [0.717, 1.165) is 36.8 Å². The Morgan fingerprint density at radius 2 is 1.76 bits per heavy atom. The van der Waals surface area contributed by atoms with Crippen molar-refractivity contribution in [2.24, 2.45) is 11.8 Å². The number of sulfonamides is 1. The summed E-state index contributed by atoms with van der Waals surface area (Å²) in [7, 11) is -3.58. The summed E-state index contributed by atoms with van der Waals surface area (Å²) < 4.78 is 29.4. The number of anilines is 1. The first kappa shape index (κ1) is 18.8. The third kappa shape index (κ3) is 3.08. The zero-order valence-corrected chi connectivity index (χ0v) is 17.5. The maximum atomic E-state index is 13.0. The number of halogens is 1. The quantitative estimate of drug-likeness (QED) is 0.627. The third-order valence-corrected chi connectivity index (χ3v) is 8.19. The van der Waals surface area contributed by atoms with E-state index < -0.39 is 10.0 Å². The van der Waals surface area contributed by atoms with Crippen molar-refractivity contribution in [3.63, 3.8) is 0 Å². The van der Waals surface area contributed by atoms with Crippen LogP contribution in [0.4, 0.5) is 5.82 Å². The Balaban J connectivity index is 1.34. The Bertz CT molecular complexity index is 1170. The fraction of sp³-hybridized carbons (Fsp3) is 0.421. The van der Waals surface area contributed by atoms with Gasteiger partial charge in [-0.15, -0.1) is 15.3 Å². The minimum absolute atomic E-state index is 0.185. The van der Waals surface area contributed by atoms with Crippen molar-refractivity contribution >= 4 is 33.1 Å². The van der Waals surface area contributed by atoms with Crippen LogP contribution < -0.4 is 4.90 Å². The molecule has 4 heterocycles. The third-order valence-electron chi connectivity index (χ3n) is 5.86. The molecule has 0 saturated carbocycles. The molecular formula is C19H21ClN6O2S. The van der Waals surface area contributed by atoms with Gasteiger partial charge in [0.2, 0.25) is 10.0 Å². The van der Waals surface area contributed by atoms with Crippen LogP contribution in [0.25, 0.3) is 5.65 Å². The van der Waals surface area contributed by atoms with Crippen molar-refractivity contribution in [1.82, 2.24) is 24.1 Å². The van der Waals surface area contributed by atoms with Crippen LogP contribution in [-0.2, 0) is 16.4 Å². The zero-order chi connectivity index (χ0) is 20.2. The fourth-order valence-corrected chi connectivity index (χ4v) is 6.39. The summed E-state index contributed by atoms with van der Waals surface area (Å²) in [5.41, 5.74) is 0.738. The fourth-order valence-electron chi connectivity index (χ4n) is 4.34. The molecule has 2 aromatic heterocycles. The van der Waals surface area contributed by atoms with Crippen LogP contribution in [0.3, 0.4) is 0 Å². The van der Waals surface area contributed by atoms with Crippen LogP contribution in [0.15, 0.2) is 41.3 Å². The largest absolute Gasteiger partial charge is 0.355 e. The Morgan fingerprint density at radius 1 is 1.03 bits per heavy atom. The molecule has 2 aliphatic heterocycles. The van der Waals surface area contributed by atoms with E-state index in [1.54, 1.807) is 33.1 Å². The van der Waals surface area contributed by atoms with E-state index in [0.29, 0.717) is 13.1 Å². The second kappa shape index (κ2) is 6.93. The molecule has 8 nitrogen and oxygen atoms in total. The van der Waals surface area contributed by atoms with E-state index in [1.165, 1.54) is 0 Å². The molecule has 1 aromatic carbocycles. The monoisotopic (exact) mass is 432 g/mol. The summed E-state index contributed by atoms with van der Waals surface area (Å²) >= 11 is 6.14. The van der Waals surface area contributed by atoms with Gasteiger partial charge in [0, 0.05) is 32.6 Å². The van der Waals surface area contributed by atoms with Crippen LogP contribution in [-0.4, -0.2) is 58.7 Å². The summed E-state index contributed by atoms with van der Waals surface area (Å²) in [6.45, 7) is 4.59. The maximum absolute atomic E-state index is 13.0. The van der Waals surface area contributed by atoms with Gasteiger partial charge in [0.25, 0.3) is 0 Å². The van der Waals surface area contributed by atoms with Crippen LogP contribution in [0.2, 0.25) is 5.02 Å². The molecule has 0 radical (unpaired) electrons. The van der Waals surface area contributed by atoms with Gasteiger partial charge in [-0.2, -0.15) is 8.82 Å². The highest BCUT2D eigenvalue weighted by Gasteiger charge is 2.45. The number of hydrogen-bond acceptors (Lipinski definition) is 6. The molecule has 0 bridgehead atoms. The summed E-state index contributed by atoms with van der Waals surface area (Å²) in [5.74, 6) is 2.26. The SMILES string of the molecule is CCc1nnc2ccc(N3CC4CN(S(=O)(=O)c5ccccc5Cl)CC4C3)nn12. The van der Waals surface area contributed by atoms with Gasteiger partial charge in [0.15, 0.2) is 11.5 Å². The molecule has 2 atom stereocenters. The molecule has 0 N–H and O–H groups in total. The van der Waals surface area contributed by atoms with Crippen molar-refractivity contribution < 1.29 is 8.42 Å². The van der Waals surface area contributed by atoms with Gasteiger partial charge in [-0.3, -0.25) is 0 Å². The lowest BCUT2D eigenvalue weighted by Gasteiger charge is -2.22. The van der Waals surface area contributed by atoms with Crippen LogP contribution in [0.5, 0.6) is 0 Å². The van der Waals surface area contributed by atoms with Gasteiger partial charge in [0.05, 0.1) is 5.02 Å². The highest BCUT2D eigenvalue weighted by atomic mass is 35.5. The number of aromatic nitrogens is 4. The molecule has 0 aliphatic carbocycles. The average Bonchev–Trinajstić information content (AvgIpc) is 3.40. The molecule has 2 unspecified atom stereocenters. The van der Waals surface area contributed by atoms with Crippen molar-refractivity contribution in [1.29, 1.82) is 0 Å². The molecule has 0 amide bonds. The topological polar surface area (TPSA) is 83.7 Å². The lowest BCUT2D eigenvalue weighted by molar-refractivity contribution is 0.453. The molecule has 5 rings (SSSR count). The first-order valence-electron chi connectivity index (χ1n) is 9.68. The first-order valence-corrected chi connectivity index (χ1v) is 11.5. The molecule has 3 aromatic rings. The van der Waals surface area contributed by atoms with Gasteiger partial charge >= 0.3 is 0 Å². The highest BCUT2D eigenvalue weighted by Crippen LogP contribution is 2.37. The van der Waals surface area contributed by atoms with Crippen LogP contribution in [0.1, 0.15) is 12.7 Å². The van der Waals surface area contributed by atoms with Gasteiger partial charge in [-0.1, -0.05) is 30.7 Å². The molecule has 29 heavy (non-hydrogen) atoms. The summed E-state index contributed by atoms with van der Waals surface area (Å²) in [4.78, 5) is 2.42. The Hall–Kier alpha value is -2.23. The van der Waals surface area contributed by atoms with E-state index in [9.17, 15) is 8.42 Å². The van der Waals surface area contributed by atoms with Crippen molar-refractivity contribution in [2.45, 2.75) is 18.2 Å². The van der Waals surface area contributed by atoms with E-state index in [2.05, 4.69) is 15.1 Å². The van der Waals surface area contributed by atoms with E-state index in [4.69, 9.17) is 16.7 Å². The number of hydrogen-bond donors (Lipinski definition) is 0. The highest BCUT2D eigenvalue weighted by molar-refractivity contribution is 7.89. The number of aryl methyl sites for hydroxylation is 1. The molecule has 10 heteroatoms. The molecular weight excluding hydrogens is 412 g/mol. The van der Waals surface area contributed by atoms with Crippen LogP contribution >= 0.6 is 11.6 Å². The number of nitrogens with zero attached hydrogens (tertiary/aromatic N) is 6. The minimum Gasteiger partial charge on any atom is -0.355 e. The summed E-state index contributed by atoms with van der Waals surface area (Å²) in [6, 6.07) is 10.5. The molecule has 2 saturated heterocycles. The maximum Gasteiger partial charge on any atom is 0.244 e. The van der Waals surface area contributed by atoms with E-state index >= 15 is 0 Å². The lowest BCUT2D eigenvalue weighted by Crippen LogP contribution is -2.33. The molecule has 2 aliphatic rings. The van der Waals surface area contributed by atoms with Gasteiger partial charge in [-0.05, 0) is 36.1 Å². The van der Waals surface area contributed by atoms with E-state index in [-0.39, 0.29) is 21.8 Å². The lowest BCUT2D eigenvalue weighted by atomic mass is 10.0. The average molecular weight is 433 g/mol. The standard InChI is InChI=1S/C19H21ClN6O2S/c1-2-17-21-22-18-7-8-19(23-26(17)18)24-9-13-11-25(12-14(13)10-24)29(27,28)16-6-4-3-5-15(16)20/h3-8,13-14H,2,9-12H2,1H3. The number of benzene rings is 1. The van der Waals surface area contributed by atoms with Gasteiger partial charge in [-0.25, -0.2) is 8.42 Å². The molecule has 0 spiro atoms. The first-order chi connectivity index (χ1) is 14.0. The Kier molecular flexibility index (Phi) is 4.49. The zero-order valence-electron chi connectivity index (χ0n) is 15.9. The molecule has 152 valence electrons. The van der Waals surface area contributed by atoms with E-state index in [1.807, 2.05) is 19.1 Å². The van der Waals surface area contributed by atoms with Crippen molar-refractivity contribution in [3.8, 4) is 0 Å². The summed E-state index contributed by atoms with van der Waals surface area (Å²) in [6.07, 6.45) is 0.762. The van der Waals surface area contributed by atoms with Crippen LogP contribution in [0, 0.1) is 11.8 Å². The number of fused-ring (bicyclic) bond motifs is 2. The second-order valence-electron chi connectivity index (χ2n) is 7.61. The predicted octanol–water partition coefficient (Wildman–Crippen LogP) is 2.10. The normalized spacial score (nSPS) is 22.5. The summed E-state index contributed by atoms with van der Waals surface area (Å²) in [5, 5.41) is 13.3.